The molecule has 8 heteroatoms. The third kappa shape index (κ3) is 4.25. The molecule has 2 aromatic rings. The van der Waals surface area contributed by atoms with Crippen molar-refractivity contribution < 1.29 is 9.32 Å². The SMILES string of the molecule is CCc1cc(C(=O)N2CCC[C@@H](N(C)Cc3noc(C)n3)CC2)n[nH]1. The fraction of sp³-hybridized carbons (Fsp3) is 0.647. The maximum Gasteiger partial charge on any atom is 0.274 e. The van der Waals surface area contributed by atoms with E-state index < -0.39 is 0 Å². The number of amides is 1. The maximum atomic E-state index is 12.6. The van der Waals surface area contributed by atoms with Crippen molar-refractivity contribution in [3.05, 3.63) is 29.2 Å². The number of aromatic amines is 1. The first-order valence-corrected chi connectivity index (χ1v) is 8.89. The molecule has 1 amide bonds. The summed E-state index contributed by atoms with van der Waals surface area (Å²) in [6, 6.07) is 2.26. The fourth-order valence-electron chi connectivity index (χ4n) is 3.29. The van der Waals surface area contributed by atoms with Crippen molar-refractivity contribution >= 4 is 5.91 Å². The van der Waals surface area contributed by atoms with Gasteiger partial charge in [-0.1, -0.05) is 12.1 Å². The van der Waals surface area contributed by atoms with E-state index in [9.17, 15) is 4.79 Å². The van der Waals surface area contributed by atoms with E-state index in [-0.39, 0.29) is 5.91 Å². The Morgan fingerprint density at radius 1 is 1.44 bits per heavy atom. The summed E-state index contributed by atoms with van der Waals surface area (Å²) in [7, 11) is 2.08. The molecule has 0 spiro atoms. The smallest absolute Gasteiger partial charge is 0.274 e. The first-order chi connectivity index (χ1) is 12.1. The van der Waals surface area contributed by atoms with Gasteiger partial charge in [0, 0.05) is 31.7 Å². The summed E-state index contributed by atoms with van der Waals surface area (Å²) in [6.07, 6.45) is 3.82. The molecule has 0 aliphatic carbocycles. The van der Waals surface area contributed by atoms with Gasteiger partial charge in [-0.25, -0.2) is 0 Å². The van der Waals surface area contributed by atoms with E-state index in [4.69, 9.17) is 4.52 Å². The van der Waals surface area contributed by atoms with Gasteiger partial charge in [-0.2, -0.15) is 10.1 Å². The predicted octanol–water partition coefficient (Wildman–Crippen LogP) is 1.79. The average molecular weight is 346 g/mol. The molecule has 1 aliphatic rings. The molecule has 2 aromatic heterocycles. The summed E-state index contributed by atoms with van der Waals surface area (Å²) < 4.78 is 5.04. The molecule has 0 radical (unpaired) electrons. The number of hydrogen-bond acceptors (Lipinski definition) is 6. The number of H-pyrrole nitrogens is 1. The van der Waals surface area contributed by atoms with Gasteiger partial charge in [-0.3, -0.25) is 14.8 Å². The van der Waals surface area contributed by atoms with Crippen molar-refractivity contribution in [3.63, 3.8) is 0 Å². The molecule has 0 bridgehead atoms. The van der Waals surface area contributed by atoms with E-state index in [0.29, 0.717) is 30.0 Å². The third-order valence-electron chi connectivity index (χ3n) is 4.80. The highest BCUT2D eigenvalue weighted by atomic mass is 16.5. The summed E-state index contributed by atoms with van der Waals surface area (Å²) >= 11 is 0. The highest BCUT2D eigenvalue weighted by molar-refractivity contribution is 5.92. The van der Waals surface area contributed by atoms with Crippen molar-refractivity contribution in [2.75, 3.05) is 20.1 Å². The van der Waals surface area contributed by atoms with Crippen molar-refractivity contribution in [1.29, 1.82) is 0 Å². The summed E-state index contributed by atoms with van der Waals surface area (Å²) in [5.74, 6) is 1.32. The quantitative estimate of drug-likeness (QED) is 0.887. The van der Waals surface area contributed by atoms with Crippen LogP contribution >= 0.6 is 0 Å². The van der Waals surface area contributed by atoms with Crippen molar-refractivity contribution in [3.8, 4) is 0 Å². The molecule has 8 nitrogen and oxygen atoms in total. The Morgan fingerprint density at radius 3 is 2.96 bits per heavy atom. The van der Waals surface area contributed by atoms with Crippen LogP contribution in [0.1, 0.15) is 54.1 Å². The number of rotatable bonds is 5. The molecule has 0 aromatic carbocycles. The maximum absolute atomic E-state index is 12.6. The monoisotopic (exact) mass is 346 g/mol. The normalized spacial score (nSPS) is 18.6. The molecule has 0 unspecified atom stereocenters. The van der Waals surface area contributed by atoms with Crippen LogP contribution in [0.25, 0.3) is 0 Å². The zero-order valence-electron chi connectivity index (χ0n) is 15.2. The Hall–Kier alpha value is -2.22. The molecule has 3 rings (SSSR count). The molecule has 3 heterocycles. The Kier molecular flexibility index (Phi) is 5.47. The van der Waals surface area contributed by atoms with E-state index in [1.54, 1.807) is 6.92 Å². The topological polar surface area (TPSA) is 91.2 Å². The lowest BCUT2D eigenvalue weighted by Gasteiger charge is -2.26. The van der Waals surface area contributed by atoms with Crippen LogP contribution in [0, 0.1) is 6.92 Å². The van der Waals surface area contributed by atoms with Crippen molar-refractivity contribution in [1.82, 2.24) is 30.1 Å². The number of aryl methyl sites for hydroxylation is 2. The third-order valence-corrected chi connectivity index (χ3v) is 4.80. The van der Waals surface area contributed by atoms with Gasteiger partial charge in [0.15, 0.2) is 5.82 Å². The van der Waals surface area contributed by atoms with E-state index in [1.807, 2.05) is 17.9 Å². The number of nitrogens with one attached hydrogen (secondary N) is 1. The van der Waals surface area contributed by atoms with Crippen LogP contribution < -0.4 is 0 Å². The Morgan fingerprint density at radius 2 is 2.28 bits per heavy atom. The number of carbonyl (C=O) groups is 1. The molecule has 25 heavy (non-hydrogen) atoms. The number of nitrogens with zero attached hydrogens (tertiary/aromatic N) is 5. The van der Waals surface area contributed by atoms with E-state index in [1.165, 1.54) is 0 Å². The van der Waals surface area contributed by atoms with Crippen LogP contribution in [0.5, 0.6) is 0 Å². The van der Waals surface area contributed by atoms with Gasteiger partial charge in [0.25, 0.3) is 5.91 Å². The average Bonchev–Trinajstić information content (AvgIpc) is 3.16. The second kappa shape index (κ2) is 7.77. The fourth-order valence-corrected chi connectivity index (χ4v) is 3.29. The number of carbonyl (C=O) groups excluding carboxylic acids is 1. The Bertz CT molecular complexity index is 710. The van der Waals surface area contributed by atoms with Crippen LogP contribution in [0.3, 0.4) is 0 Å². The molecule has 1 fully saturated rings. The van der Waals surface area contributed by atoms with Crippen molar-refractivity contribution in [2.24, 2.45) is 0 Å². The highest BCUT2D eigenvalue weighted by Crippen LogP contribution is 2.19. The van der Waals surface area contributed by atoms with Crippen LogP contribution in [-0.4, -0.2) is 62.2 Å². The molecule has 1 N–H and O–H groups in total. The molecular formula is C17H26N6O2. The molecule has 136 valence electrons. The number of likely N-dealkylation sites (tertiary alicyclic amines) is 1. The van der Waals surface area contributed by atoms with Gasteiger partial charge >= 0.3 is 0 Å². The zero-order chi connectivity index (χ0) is 17.8. The largest absolute Gasteiger partial charge is 0.340 e. The van der Waals surface area contributed by atoms with Crippen molar-refractivity contribution in [2.45, 2.75) is 52.1 Å². The van der Waals surface area contributed by atoms with Gasteiger partial charge < -0.3 is 9.42 Å². The minimum absolute atomic E-state index is 0.0213. The van der Waals surface area contributed by atoms with Gasteiger partial charge in [0.05, 0.1) is 6.54 Å². The van der Waals surface area contributed by atoms with Gasteiger partial charge in [0.2, 0.25) is 5.89 Å². The Balaban J connectivity index is 1.57. The Labute approximate surface area is 147 Å². The van der Waals surface area contributed by atoms with Gasteiger partial charge in [-0.15, -0.1) is 0 Å². The first-order valence-electron chi connectivity index (χ1n) is 8.89. The predicted molar refractivity (Wildman–Crippen MR) is 92.0 cm³/mol. The minimum atomic E-state index is 0.0213. The molecular weight excluding hydrogens is 320 g/mol. The number of hydrogen-bond donors (Lipinski definition) is 1. The summed E-state index contributed by atoms with van der Waals surface area (Å²) in [4.78, 5) is 21.1. The lowest BCUT2D eigenvalue weighted by Crippen LogP contribution is -2.35. The van der Waals surface area contributed by atoms with Crippen LogP contribution in [-0.2, 0) is 13.0 Å². The lowest BCUT2D eigenvalue weighted by molar-refractivity contribution is 0.0751. The second-order valence-corrected chi connectivity index (χ2v) is 6.65. The van der Waals surface area contributed by atoms with Crippen LogP contribution in [0.4, 0.5) is 0 Å². The van der Waals surface area contributed by atoms with Gasteiger partial charge in [-0.05, 0) is 38.8 Å². The van der Waals surface area contributed by atoms with Crippen LogP contribution in [0.2, 0.25) is 0 Å². The van der Waals surface area contributed by atoms with Crippen LogP contribution in [0.15, 0.2) is 10.6 Å². The van der Waals surface area contributed by atoms with E-state index in [2.05, 4.69) is 32.3 Å². The lowest BCUT2D eigenvalue weighted by atomic mass is 10.1. The van der Waals surface area contributed by atoms with E-state index >= 15 is 0 Å². The van der Waals surface area contributed by atoms with E-state index in [0.717, 1.165) is 44.5 Å². The molecule has 1 saturated heterocycles. The van der Waals surface area contributed by atoms with Gasteiger partial charge in [0.1, 0.15) is 5.69 Å². The molecule has 0 saturated carbocycles. The summed E-state index contributed by atoms with van der Waals surface area (Å²) in [5, 5.41) is 11.0. The molecule has 1 atom stereocenters. The first kappa shape index (κ1) is 17.6. The summed E-state index contributed by atoms with van der Waals surface area (Å²) in [6.45, 7) is 6.02. The summed E-state index contributed by atoms with van der Waals surface area (Å²) in [5.41, 5.74) is 1.51. The standard InChI is InChI=1S/C17H26N6O2/c1-4-13-10-15(20-19-13)17(24)23-8-5-6-14(7-9-23)22(3)11-16-18-12(2)25-21-16/h10,14H,4-9,11H2,1-3H3,(H,19,20)/t14-/m1/s1. The molecule has 1 aliphatic heterocycles. The second-order valence-electron chi connectivity index (χ2n) is 6.65. The zero-order valence-corrected chi connectivity index (χ0v) is 15.2. The highest BCUT2D eigenvalue weighted by Gasteiger charge is 2.25. The minimum Gasteiger partial charge on any atom is -0.340 e. The number of aromatic nitrogens is 4.